The van der Waals surface area contributed by atoms with Crippen LogP contribution in [0.4, 0.5) is 0 Å². The van der Waals surface area contributed by atoms with Crippen molar-refractivity contribution in [2.45, 2.75) is 17.7 Å². The van der Waals surface area contributed by atoms with Crippen LogP contribution in [0.3, 0.4) is 0 Å². The number of fused-ring (bicyclic) bond motifs is 1. The molecule has 0 radical (unpaired) electrons. The summed E-state index contributed by atoms with van der Waals surface area (Å²) in [5.74, 6) is 1.04. The van der Waals surface area contributed by atoms with Crippen LogP contribution < -0.4 is 4.74 Å². The lowest BCUT2D eigenvalue weighted by Crippen LogP contribution is -2.08. The molecule has 0 fully saturated rings. The monoisotopic (exact) mass is 333 g/mol. The van der Waals surface area contributed by atoms with E-state index in [0.29, 0.717) is 17.9 Å². The fourth-order valence-electron chi connectivity index (χ4n) is 2.08. The van der Waals surface area contributed by atoms with E-state index in [0.717, 1.165) is 21.4 Å². The molecule has 0 unspecified atom stereocenters. The largest absolute Gasteiger partial charge is 0.497 e. The van der Waals surface area contributed by atoms with E-state index in [-0.39, 0.29) is 12.4 Å². The molecular weight excluding hydrogens is 314 g/mol. The number of rotatable bonds is 7. The van der Waals surface area contributed by atoms with E-state index in [9.17, 15) is 4.79 Å². The topological polar surface area (TPSA) is 68.1 Å². The third-order valence-electron chi connectivity index (χ3n) is 3.41. The van der Waals surface area contributed by atoms with Gasteiger partial charge < -0.3 is 14.7 Å². The molecular formula is C17H19NO4S. The second kappa shape index (κ2) is 8.43. The van der Waals surface area contributed by atoms with Gasteiger partial charge in [-0.2, -0.15) is 0 Å². The average Bonchev–Trinajstić information content (AvgIpc) is 2.60. The molecule has 0 aliphatic carbocycles. The lowest BCUT2D eigenvalue weighted by molar-refractivity contribution is -0.140. The molecule has 0 aliphatic heterocycles. The lowest BCUT2D eigenvalue weighted by atomic mass is 10.1. The van der Waals surface area contributed by atoms with Gasteiger partial charge in [-0.1, -0.05) is 17.3 Å². The minimum absolute atomic E-state index is 0.216. The number of esters is 1. The van der Waals surface area contributed by atoms with Gasteiger partial charge in [0.15, 0.2) is 0 Å². The molecule has 23 heavy (non-hydrogen) atoms. The zero-order valence-electron chi connectivity index (χ0n) is 13.1. The summed E-state index contributed by atoms with van der Waals surface area (Å²) < 4.78 is 9.80. The molecule has 2 aromatic rings. The average molecular weight is 333 g/mol. The first-order chi connectivity index (χ1) is 11.2. The number of methoxy groups -OCH3 is 2. The molecule has 0 amide bonds. The molecule has 0 aromatic heterocycles. The lowest BCUT2D eigenvalue weighted by Gasteiger charge is -2.07. The summed E-state index contributed by atoms with van der Waals surface area (Å²) in [4.78, 5) is 12.2. The van der Waals surface area contributed by atoms with Crippen molar-refractivity contribution in [2.24, 2.45) is 5.16 Å². The highest BCUT2D eigenvalue weighted by Crippen LogP contribution is 2.26. The van der Waals surface area contributed by atoms with Crippen LogP contribution in [0, 0.1) is 0 Å². The quantitative estimate of drug-likeness (QED) is 0.275. The van der Waals surface area contributed by atoms with Crippen molar-refractivity contribution < 1.29 is 19.5 Å². The number of ether oxygens (including phenoxy) is 2. The van der Waals surface area contributed by atoms with Gasteiger partial charge >= 0.3 is 5.97 Å². The predicted octanol–water partition coefficient (Wildman–Crippen LogP) is 3.72. The molecule has 122 valence electrons. The van der Waals surface area contributed by atoms with Gasteiger partial charge in [-0.3, -0.25) is 4.79 Å². The Bertz CT molecular complexity index is 715. The van der Waals surface area contributed by atoms with Crippen LogP contribution in [-0.4, -0.2) is 36.9 Å². The Hall–Kier alpha value is -2.21. The van der Waals surface area contributed by atoms with Crippen molar-refractivity contribution in [3.05, 3.63) is 36.4 Å². The molecule has 0 atom stereocenters. The number of thioether (sulfide) groups is 1. The van der Waals surface area contributed by atoms with E-state index < -0.39 is 0 Å². The maximum atomic E-state index is 11.1. The minimum atomic E-state index is -0.309. The van der Waals surface area contributed by atoms with Crippen LogP contribution in [-0.2, 0) is 9.53 Å². The summed E-state index contributed by atoms with van der Waals surface area (Å²) in [5.41, 5.74) is 0.565. The molecule has 0 saturated carbocycles. The molecule has 0 saturated heterocycles. The van der Waals surface area contributed by atoms with E-state index in [4.69, 9.17) is 9.94 Å². The van der Waals surface area contributed by atoms with Crippen LogP contribution in [0.1, 0.15) is 12.8 Å². The van der Waals surface area contributed by atoms with Gasteiger partial charge in [0, 0.05) is 17.1 Å². The van der Waals surface area contributed by atoms with Crippen LogP contribution in [0.2, 0.25) is 0 Å². The Balaban J connectivity index is 1.99. The number of carbonyl (C=O) groups excluding carboxylic acids is 1. The number of oxime groups is 1. The number of carbonyl (C=O) groups is 1. The van der Waals surface area contributed by atoms with Gasteiger partial charge in [0.25, 0.3) is 0 Å². The Morgan fingerprint density at radius 2 is 1.87 bits per heavy atom. The van der Waals surface area contributed by atoms with Crippen molar-refractivity contribution in [1.29, 1.82) is 0 Å². The Kier molecular flexibility index (Phi) is 6.29. The summed E-state index contributed by atoms with van der Waals surface area (Å²) in [7, 11) is 2.99. The highest BCUT2D eigenvalue weighted by Gasteiger charge is 2.07. The second-order valence-electron chi connectivity index (χ2n) is 4.91. The highest BCUT2D eigenvalue weighted by atomic mass is 32.2. The Labute approximate surface area is 139 Å². The van der Waals surface area contributed by atoms with E-state index in [2.05, 4.69) is 16.0 Å². The fraction of sp³-hybridized carbons (Fsp3) is 0.294. The number of hydrogen-bond donors (Lipinski definition) is 1. The molecule has 2 rings (SSSR count). The van der Waals surface area contributed by atoms with Crippen LogP contribution in [0.5, 0.6) is 5.75 Å². The number of hydrogen-bond acceptors (Lipinski definition) is 6. The van der Waals surface area contributed by atoms with Crippen molar-refractivity contribution in [3.8, 4) is 5.75 Å². The third kappa shape index (κ3) is 4.89. The van der Waals surface area contributed by atoms with Crippen molar-refractivity contribution in [2.75, 3.05) is 20.0 Å². The SMILES string of the molecule is COC(=O)CCC(CSc1ccc2cc(OC)ccc2c1)=NO. The second-order valence-corrected chi connectivity index (χ2v) is 5.95. The van der Waals surface area contributed by atoms with Gasteiger partial charge in [-0.05, 0) is 35.0 Å². The molecule has 1 N–H and O–H groups in total. The van der Waals surface area contributed by atoms with Crippen molar-refractivity contribution in [3.63, 3.8) is 0 Å². The smallest absolute Gasteiger partial charge is 0.305 e. The van der Waals surface area contributed by atoms with Crippen molar-refractivity contribution >= 4 is 34.2 Å². The Morgan fingerprint density at radius 3 is 2.57 bits per heavy atom. The van der Waals surface area contributed by atoms with Crippen molar-refractivity contribution in [1.82, 2.24) is 0 Å². The fourth-order valence-corrected chi connectivity index (χ4v) is 2.99. The molecule has 0 spiro atoms. The standard InChI is InChI=1S/C17H19NO4S/c1-21-15-6-3-13-10-16(7-4-12(13)9-15)23-11-14(18-20)5-8-17(19)22-2/h3-4,6-7,9-10,20H,5,8,11H2,1-2H3. The summed E-state index contributed by atoms with van der Waals surface area (Å²) in [5, 5.41) is 14.5. The summed E-state index contributed by atoms with van der Waals surface area (Å²) in [6, 6.07) is 12.0. The van der Waals surface area contributed by atoms with Gasteiger partial charge in [0.1, 0.15) is 5.75 Å². The summed E-state index contributed by atoms with van der Waals surface area (Å²) >= 11 is 1.56. The van der Waals surface area contributed by atoms with Gasteiger partial charge in [0.2, 0.25) is 0 Å². The number of benzene rings is 2. The predicted molar refractivity (Wildman–Crippen MR) is 91.7 cm³/mol. The maximum absolute atomic E-state index is 11.1. The van der Waals surface area contributed by atoms with Crippen LogP contribution in [0.25, 0.3) is 10.8 Å². The Morgan fingerprint density at radius 1 is 1.13 bits per heavy atom. The molecule has 6 heteroatoms. The van der Waals surface area contributed by atoms with Gasteiger partial charge in [-0.15, -0.1) is 11.8 Å². The maximum Gasteiger partial charge on any atom is 0.305 e. The number of nitrogens with zero attached hydrogens (tertiary/aromatic N) is 1. The first-order valence-electron chi connectivity index (χ1n) is 7.13. The normalized spacial score (nSPS) is 11.5. The first kappa shape index (κ1) is 17.1. The molecule has 0 bridgehead atoms. The third-order valence-corrected chi connectivity index (χ3v) is 4.48. The van der Waals surface area contributed by atoms with Gasteiger partial charge in [-0.25, -0.2) is 0 Å². The van der Waals surface area contributed by atoms with E-state index >= 15 is 0 Å². The van der Waals surface area contributed by atoms with E-state index in [1.165, 1.54) is 7.11 Å². The molecule has 0 heterocycles. The van der Waals surface area contributed by atoms with E-state index in [1.807, 2.05) is 30.3 Å². The molecule has 2 aromatic carbocycles. The molecule has 5 nitrogen and oxygen atoms in total. The first-order valence-corrected chi connectivity index (χ1v) is 8.12. The van der Waals surface area contributed by atoms with Crippen LogP contribution >= 0.6 is 11.8 Å². The summed E-state index contributed by atoms with van der Waals surface area (Å²) in [6.07, 6.45) is 0.606. The van der Waals surface area contributed by atoms with Crippen LogP contribution in [0.15, 0.2) is 46.4 Å². The van der Waals surface area contributed by atoms with E-state index in [1.54, 1.807) is 18.9 Å². The zero-order valence-corrected chi connectivity index (χ0v) is 13.9. The molecule has 0 aliphatic rings. The zero-order chi connectivity index (χ0) is 16.7. The minimum Gasteiger partial charge on any atom is -0.497 e. The van der Waals surface area contributed by atoms with Gasteiger partial charge in [0.05, 0.1) is 26.4 Å². The highest BCUT2D eigenvalue weighted by molar-refractivity contribution is 8.00. The summed E-state index contributed by atoms with van der Waals surface area (Å²) in [6.45, 7) is 0.